The van der Waals surface area contributed by atoms with Gasteiger partial charge in [0.1, 0.15) is 5.75 Å². The molecule has 3 rings (SSSR count). The third kappa shape index (κ3) is 5.74. The fraction of sp³-hybridized carbons (Fsp3) is 0.118. The molecule has 146 valence electrons. The van der Waals surface area contributed by atoms with Crippen LogP contribution >= 0.6 is 46.9 Å². The van der Waals surface area contributed by atoms with E-state index >= 15 is 0 Å². The first kappa shape index (κ1) is 20.7. The molecule has 0 aliphatic heterocycles. The minimum Gasteiger partial charge on any atom is -0.435 e. The Hall–Kier alpha value is -2.01. The predicted octanol–water partition coefficient (Wildman–Crippen LogP) is 5.65. The Morgan fingerprint density at radius 3 is 2.57 bits per heavy atom. The molecule has 0 bridgehead atoms. The number of carbonyl (C=O) groups excluding carboxylic acids is 1. The highest BCUT2D eigenvalue weighted by molar-refractivity contribution is 8.01. The molecule has 5 nitrogen and oxygen atoms in total. The third-order valence-corrected chi connectivity index (χ3v) is 5.91. The number of halogens is 3. The fourth-order valence-corrected chi connectivity index (χ4v) is 4.40. The van der Waals surface area contributed by atoms with Gasteiger partial charge in [0, 0.05) is 10.7 Å². The van der Waals surface area contributed by atoms with E-state index in [1.165, 1.54) is 47.4 Å². The lowest BCUT2D eigenvalue weighted by molar-refractivity contribution is -0.113. The maximum absolute atomic E-state index is 12.1. The van der Waals surface area contributed by atoms with Gasteiger partial charge in [0.05, 0.1) is 11.4 Å². The van der Waals surface area contributed by atoms with Crippen LogP contribution in [0.15, 0.2) is 52.9 Å². The summed E-state index contributed by atoms with van der Waals surface area (Å²) in [6, 6.07) is 12.8. The summed E-state index contributed by atoms with van der Waals surface area (Å²) in [6.07, 6.45) is 0. The number of anilines is 1. The van der Waals surface area contributed by atoms with Gasteiger partial charge in [0.15, 0.2) is 8.29 Å². The zero-order valence-corrected chi connectivity index (χ0v) is 17.2. The van der Waals surface area contributed by atoms with Crippen LogP contribution in [0.4, 0.5) is 14.5 Å². The van der Waals surface area contributed by atoms with Gasteiger partial charge in [-0.15, -0.1) is 5.10 Å². The Morgan fingerprint density at radius 1 is 1.25 bits per heavy atom. The lowest BCUT2D eigenvalue weighted by Crippen LogP contribution is -2.14. The number of aromatic nitrogens is 2. The van der Waals surface area contributed by atoms with Crippen molar-refractivity contribution in [3.05, 3.63) is 57.5 Å². The lowest BCUT2D eigenvalue weighted by atomic mass is 10.3. The van der Waals surface area contributed by atoms with Gasteiger partial charge in [0.2, 0.25) is 5.91 Å². The molecule has 2 aromatic carbocycles. The molecule has 1 heterocycles. The Bertz CT molecular complexity index is 1010. The molecular formula is C17H12ClF2N3O2S3. The molecule has 0 spiro atoms. The van der Waals surface area contributed by atoms with Gasteiger partial charge in [-0.3, -0.25) is 4.79 Å². The SMILES string of the molecule is O=C(CSc1nn(-c2ccc(Cl)cc2)c(=S)s1)Nc1ccc(OC(F)F)cc1. The van der Waals surface area contributed by atoms with Crippen LogP contribution in [-0.2, 0) is 4.79 Å². The molecule has 0 unspecified atom stereocenters. The van der Waals surface area contributed by atoms with E-state index in [0.29, 0.717) is 19.0 Å². The molecule has 0 saturated carbocycles. The summed E-state index contributed by atoms with van der Waals surface area (Å²) >= 11 is 13.8. The Kier molecular flexibility index (Phi) is 7.00. The van der Waals surface area contributed by atoms with E-state index in [4.69, 9.17) is 23.8 Å². The molecular weight excluding hydrogens is 448 g/mol. The highest BCUT2D eigenvalue weighted by atomic mass is 35.5. The molecule has 3 aromatic rings. The van der Waals surface area contributed by atoms with E-state index in [9.17, 15) is 13.6 Å². The summed E-state index contributed by atoms with van der Waals surface area (Å²) in [5.74, 6) is -0.111. The van der Waals surface area contributed by atoms with Crippen molar-refractivity contribution >= 4 is 58.5 Å². The number of nitrogens with one attached hydrogen (secondary N) is 1. The van der Waals surface area contributed by atoms with Crippen molar-refractivity contribution in [2.24, 2.45) is 0 Å². The van der Waals surface area contributed by atoms with Crippen LogP contribution in [0, 0.1) is 3.95 Å². The van der Waals surface area contributed by atoms with E-state index in [1.54, 1.807) is 28.9 Å². The minimum absolute atomic E-state index is 0.0230. The van der Waals surface area contributed by atoms with Crippen molar-refractivity contribution in [2.75, 3.05) is 11.1 Å². The maximum Gasteiger partial charge on any atom is 0.387 e. The average Bonchev–Trinajstić information content (AvgIpc) is 3.03. The predicted molar refractivity (Wildman–Crippen MR) is 110 cm³/mol. The van der Waals surface area contributed by atoms with Gasteiger partial charge in [-0.2, -0.15) is 8.78 Å². The van der Waals surface area contributed by atoms with Crippen molar-refractivity contribution in [2.45, 2.75) is 11.0 Å². The highest BCUT2D eigenvalue weighted by Gasteiger charge is 2.10. The molecule has 0 aliphatic carbocycles. The number of hydrogen-bond acceptors (Lipinski definition) is 6. The summed E-state index contributed by atoms with van der Waals surface area (Å²) in [5, 5.41) is 7.71. The van der Waals surface area contributed by atoms with Crippen molar-refractivity contribution in [3.8, 4) is 11.4 Å². The van der Waals surface area contributed by atoms with Gasteiger partial charge >= 0.3 is 6.61 Å². The summed E-state index contributed by atoms with van der Waals surface area (Å²) in [4.78, 5) is 12.1. The number of carbonyl (C=O) groups is 1. The molecule has 28 heavy (non-hydrogen) atoms. The second kappa shape index (κ2) is 9.46. The van der Waals surface area contributed by atoms with Gasteiger partial charge in [-0.05, 0) is 60.7 Å². The second-order valence-electron chi connectivity index (χ2n) is 5.26. The first-order valence-corrected chi connectivity index (χ1v) is 10.3. The van der Waals surface area contributed by atoms with Gasteiger partial charge in [-0.25, -0.2) is 4.68 Å². The first-order chi connectivity index (χ1) is 13.4. The average molecular weight is 460 g/mol. The van der Waals surface area contributed by atoms with Gasteiger partial charge in [-0.1, -0.05) is 34.7 Å². The molecule has 1 amide bonds. The molecule has 1 aromatic heterocycles. The summed E-state index contributed by atoms with van der Waals surface area (Å²) in [6.45, 7) is -2.89. The molecule has 1 N–H and O–H groups in total. The van der Waals surface area contributed by atoms with Crippen LogP contribution in [0.25, 0.3) is 5.69 Å². The van der Waals surface area contributed by atoms with Crippen molar-refractivity contribution in [3.63, 3.8) is 0 Å². The minimum atomic E-state index is -2.89. The number of amides is 1. The number of rotatable bonds is 7. The molecule has 0 atom stereocenters. The summed E-state index contributed by atoms with van der Waals surface area (Å²) < 4.78 is 31.3. The fourth-order valence-electron chi connectivity index (χ4n) is 2.11. The van der Waals surface area contributed by atoms with E-state index in [-0.39, 0.29) is 17.4 Å². The van der Waals surface area contributed by atoms with Gasteiger partial charge in [0.25, 0.3) is 0 Å². The zero-order valence-electron chi connectivity index (χ0n) is 14.0. The van der Waals surface area contributed by atoms with Crippen LogP contribution in [0.1, 0.15) is 0 Å². The molecule has 0 aliphatic rings. The number of nitrogens with zero attached hydrogens (tertiary/aromatic N) is 2. The Labute approximate surface area is 177 Å². The molecule has 0 fully saturated rings. The molecule has 11 heteroatoms. The molecule has 0 radical (unpaired) electrons. The third-order valence-electron chi connectivity index (χ3n) is 3.29. The summed E-state index contributed by atoms with van der Waals surface area (Å²) in [5.41, 5.74) is 1.26. The zero-order chi connectivity index (χ0) is 20.1. The van der Waals surface area contributed by atoms with Crippen molar-refractivity contribution < 1.29 is 18.3 Å². The van der Waals surface area contributed by atoms with E-state index in [2.05, 4.69) is 15.2 Å². The first-order valence-electron chi connectivity index (χ1n) is 7.74. The van der Waals surface area contributed by atoms with Crippen LogP contribution in [0.3, 0.4) is 0 Å². The number of thioether (sulfide) groups is 1. The highest BCUT2D eigenvalue weighted by Crippen LogP contribution is 2.25. The van der Waals surface area contributed by atoms with E-state index in [1.807, 2.05) is 0 Å². The second-order valence-corrected chi connectivity index (χ2v) is 8.54. The topological polar surface area (TPSA) is 56.2 Å². The van der Waals surface area contributed by atoms with Crippen LogP contribution in [0.2, 0.25) is 5.02 Å². The van der Waals surface area contributed by atoms with Crippen LogP contribution in [0.5, 0.6) is 5.75 Å². The molecule has 0 saturated heterocycles. The van der Waals surface area contributed by atoms with E-state index < -0.39 is 6.61 Å². The van der Waals surface area contributed by atoms with E-state index in [0.717, 1.165) is 5.69 Å². The summed E-state index contributed by atoms with van der Waals surface area (Å²) in [7, 11) is 0. The largest absolute Gasteiger partial charge is 0.435 e. The van der Waals surface area contributed by atoms with Crippen LogP contribution < -0.4 is 10.1 Å². The Balaban J connectivity index is 1.57. The van der Waals surface area contributed by atoms with Crippen molar-refractivity contribution in [1.82, 2.24) is 9.78 Å². The number of benzene rings is 2. The van der Waals surface area contributed by atoms with Crippen LogP contribution in [-0.4, -0.2) is 28.1 Å². The maximum atomic E-state index is 12.1. The smallest absolute Gasteiger partial charge is 0.387 e. The van der Waals surface area contributed by atoms with Gasteiger partial charge < -0.3 is 10.1 Å². The monoisotopic (exact) mass is 459 g/mol. The Morgan fingerprint density at radius 2 is 1.93 bits per heavy atom. The lowest BCUT2D eigenvalue weighted by Gasteiger charge is -2.07. The number of hydrogen-bond donors (Lipinski definition) is 1. The standard InChI is InChI=1S/C17H12ClF2N3O2S3/c18-10-1-5-12(6-2-10)23-17(26)28-16(22-23)27-9-14(24)21-11-3-7-13(8-4-11)25-15(19)20/h1-8,15H,9H2,(H,21,24). The van der Waals surface area contributed by atoms with Crippen molar-refractivity contribution in [1.29, 1.82) is 0 Å². The quantitative estimate of drug-likeness (QED) is 0.365. The normalized spacial score (nSPS) is 10.9. The number of alkyl halides is 2. The number of ether oxygens (including phenoxy) is 1.